The first-order valence-corrected chi connectivity index (χ1v) is 8.94. The van der Waals surface area contributed by atoms with Gasteiger partial charge in [-0.25, -0.2) is 4.98 Å². The minimum absolute atomic E-state index is 0.229. The Kier molecular flexibility index (Phi) is 3.50. The summed E-state index contributed by atoms with van der Waals surface area (Å²) in [5, 5.41) is 0. The molecular weight excluding hydrogens is 274 g/mol. The topological polar surface area (TPSA) is 38.1 Å². The van der Waals surface area contributed by atoms with E-state index in [4.69, 9.17) is 0 Å². The first-order valence-electron chi connectivity index (χ1n) is 8.94. The minimum Gasteiger partial charge on any atom is -0.336 e. The molecule has 1 aliphatic heterocycles. The lowest BCUT2D eigenvalue weighted by molar-refractivity contribution is -0.128. The highest BCUT2D eigenvalue weighted by atomic mass is 16.2. The quantitative estimate of drug-likeness (QED) is 0.853. The Morgan fingerprint density at radius 1 is 1.23 bits per heavy atom. The average Bonchev–Trinajstić information content (AvgIpc) is 3.22. The summed E-state index contributed by atoms with van der Waals surface area (Å²) >= 11 is 0. The van der Waals surface area contributed by atoms with Gasteiger partial charge in [0.15, 0.2) is 0 Å². The first kappa shape index (κ1) is 14.3. The third kappa shape index (κ3) is 2.57. The Bertz CT molecular complexity index is 556. The number of aromatic nitrogens is 2. The molecule has 4 rings (SSSR count). The molecule has 4 heteroatoms. The molecule has 2 aliphatic carbocycles. The van der Waals surface area contributed by atoms with Crippen molar-refractivity contribution in [3.63, 3.8) is 0 Å². The number of carbonyl (C=O) groups excluding carboxylic acids is 1. The summed E-state index contributed by atoms with van der Waals surface area (Å²) in [6.07, 6.45) is 13.9. The second kappa shape index (κ2) is 5.39. The molecule has 1 unspecified atom stereocenters. The van der Waals surface area contributed by atoms with Crippen LogP contribution in [-0.4, -0.2) is 26.9 Å². The van der Waals surface area contributed by atoms with Crippen LogP contribution in [0.25, 0.3) is 0 Å². The summed E-state index contributed by atoms with van der Waals surface area (Å²) in [6, 6.07) is 0.596. The molecule has 2 saturated carbocycles. The van der Waals surface area contributed by atoms with Crippen molar-refractivity contribution in [3.05, 3.63) is 18.2 Å². The van der Waals surface area contributed by atoms with Crippen molar-refractivity contribution in [2.45, 2.75) is 70.9 Å². The van der Waals surface area contributed by atoms with Gasteiger partial charge in [0.05, 0.1) is 18.6 Å². The Morgan fingerprint density at radius 2 is 2.00 bits per heavy atom. The molecule has 1 atom stereocenters. The molecule has 3 fully saturated rings. The lowest BCUT2D eigenvalue weighted by atomic mass is 9.84. The molecule has 1 aromatic heterocycles. The minimum atomic E-state index is 0.229. The monoisotopic (exact) mass is 301 g/mol. The van der Waals surface area contributed by atoms with Gasteiger partial charge < -0.3 is 9.47 Å². The molecule has 1 aromatic rings. The van der Waals surface area contributed by atoms with E-state index in [1.807, 2.05) is 12.5 Å². The van der Waals surface area contributed by atoms with Gasteiger partial charge in [0.1, 0.15) is 0 Å². The van der Waals surface area contributed by atoms with E-state index in [-0.39, 0.29) is 5.41 Å². The zero-order valence-electron chi connectivity index (χ0n) is 13.6. The summed E-state index contributed by atoms with van der Waals surface area (Å²) in [7, 11) is 0. The second-order valence-corrected chi connectivity index (χ2v) is 7.94. The number of hydrogen-bond acceptors (Lipinski definition) is 2. The number of carbonyl (C=O) groups is 1. The Hall–Kier alpha value is -1.32. The van der Waals surface area contributed by atoms with Gasteiger partial charge in [-0.3, -0.25) is 4.79 Å². The van der Waals surface area contributed by atoms with Gasteiger partial charge in [0, 0.05) is 25.2 Å². The Labute approximate surface area is 132 Å². The highest BCUT2D eigenvalue weighted by molar-refractivity contribution is 5.79. The summed E-state index contributed by atoms with van der Waals surface area (Å²) < 4.78 is 2.35. The molecule has 0 spiro atoms. The predicted molar refractivity (Wildman–Crippen MR) is 85.2 cm³/mol. The van der Waals surface area contributed by atoms with E-state index in [2.05, 4.69) is 21.4 Å². The van der Waals surface area contributed by atoms with Crippen molar-refractivity contribution in [2.75, 3.05) is 6.54 Å². The normalized spacial score (nSPS) is 30.2. The van der Waals surface area contributed by atoms with E-state index >= 15 is 0 Å². The van der Waals surface area contributed by atoms with Gasteiger partial charge in [-0.1, -0.05) is 26.2 Å². The molecule has 3 aliphatic rings. The van der Waals surface area contributed by atoms with Crippen LogP contribution in [-0.2, 0) is 11.3 Å². The zero-order valence-corrected chi connectivity index (χ0v) is 13.6. The molecule has 0 radical (unpaired) electrons. The van der Waals surface area contributed by atoms with Gasteiger partial charge in [-0.05, 0) is 37.0 Å². The van der Waals surface area contributed by atoms with Gasteiger partial charge >= 0.3 is 0 Å². The first-order chi connectivity index (χ1) is 10.7. The van der Waals surface area contributed by atoms with Crippen LogP contribution in [0.5, 0.6) is 0 Å². The highest BCUT2D eigenvalue weighted by Gasteiger charge is 2.49. The molecular formula is C18H27N3O. The average molecular weight is 301 g/mol. The fraction of sp³-hybridized carbons (Fsp3) is 0.778. The Balaban J connectivity index is 1.47. The van der Waals surface area contributed by atoms with Gasteiger partial charge in [0.25, 0.3) is 0 Å². The molecule has 4 nitrogen and oxygen atoms in total. The molecule has 120 valence electrons. The van der Waals surface area contributed by atoms with Crippen molar-refractivity contribution < 1.29 is 4.79 Å². The number of nitrogens with zero attached hydrogens (tertiary/aromatic N) is 3. The lowest BCUT2D eigenvalue weighted by Gasteiger charge is -2.27. The third-order valence-corrected chi connectivity index (χ3v) is 6.09. The van der Waals surface area contributed by atoms with Crippen molar-refractivity contribution in [2.24, 2.45) is 11.3 Å². The van der Waals surface area contributed by atoms with Crippen LogP contribution in [0.15, 0.2) is 12.5 Å². The van der Waals surface area contributed by atoms with Gasteiger partial charge in [0.2, 0.25) is 5.91 Å². The Morgan fingerprint density at radius 3 is 2.73 bits per heavy atom. The van der Waals surface area contributed by atoms with Crippen LogP contribution in [0.4, 0.5) is 0 Å². The summed E-state index contributed by atoms with van der Waals surface area (Å²) in [5.74, 6) is 1.12. The van der Waals surface area contributed by atoms with E-state index in [0.717, 1.165) is 25.4 Å². The number of likely N-dealkylation sites (tertiary alicyclic amines) is 1. The van der Waals surface area contributed by atoms with Crippen molar-refractivity contribution in [1.82, 2.24) is 14.5 Å². The largest absolute Gasteiger partial charge is 0.336 e. The van der Waals surface area contributed by atoms with Crippen LogP contribution in [0.1, 0.15) is 70.0 Å². The van der Waals surface area contributed by atoms with E-state index < -0.39 is 0 Å². The van der Waals surface area contributed by atoms with Crippen LogP contribution >= 0.6 is 0 Å². The second-order valence-electron chi connectivity index (χ2n) is 7.94. The fourth-order valence-corrected chi connectivity index (χ4v) is 4.57. The lowest BCUT2D eigenvalue weighted by Crippen LogP contribution is -2.29. The smallest absolute Gasteiger partial charge is 0.223 e. The number of hydrogen-bond donors (Lipinski definition) is 0. The summed E-state index contributed by atoms with van der Waals surface area (Å²) in [6.45, 7) is 3.99. The molecule has 0 bridgehead atoms. The van der Waals surface area contributed by atoms with E-state index in [1.165, 1.54) is 50.6 Å². The molecule has 0 N–H and O–H groups in total. The maximum Gasteiger partial charge on any atom is 0.223 e. The zero-order chi connectivity index (χ0) is 15.2. The SMILES string of the molecule is CC1(C2CC2)CC(=O)N(Cc2cncn2C2CCCCC2)C1. The van der Waals surface area contributed by atoms with Crippen molar-refractivity contribution >= 4 is 5.91 Å². The summed E-state index contributed by atoms with van der Waals surface area (Å²) in [4.78, 5) is 18.9. The molecule has 1 amide bonds. The predicted octanol–water partition coefficient (Wildman–Crippen LogP) is 3.54. The van der Waals surface area contributed by atoms with Crippen LogP contribution in [0.2, 0.25) is 0 Å². The number of imidazole rings is 1. The molecule has 0 aromatic carbocycles. The number of rotatable bonds is 4. The number of amides is 1. The third-order valence-electron chi connectivity index (χ3n) is 6.09. The van der Waals surface area contributed by atoms with Crippen molar-refractivity contribution in [1.29, 1.82) is 0 Å². The summed E-state index contributed by atoms with van der Waals surface area (Å²) in [5.41, 5.74) is 1.45. The molecule has 1 saturated heterocycles. The van der Waals surface area contributed by atoms with Crippen LogP contribution < -0.4 is 0 Å². The highest BCUT2D eigenvalue weighted by Crippen LogP contribution is 2.51. The van der Waals surface area contributed by atoms with E-state index in [1.54, 1.807) is 0 Å². The molecule has 2 heterocycles. The van der Waals surface area contributed by atoms with Gasteiger partial charge in [-0.2, -0.15) is 0 Å². The fourth-order valence-electron chi connectivity index (χ4n) is 4.57. The standard InChI is InChI=1S/C18H27N3O/c1-18(14-7-8-14)9-17(22)20(12-18)11-16-10-19-13-21(16)15-5-3-2-4-6-15/h10,13-15H,2-9,11-12H2,1H3. The van der Waals surface area contributed by atoms with Crippen LogP contribution in [0, 0.1) is 11.3 Å². The van der Waals surface area contributed by atoms with Gasteiger partial charge in [-0.15, -0.1) is 0 Å². The van der Waals surface area contributed by atoms with E-state index in [9.17, 15) is 4.79 Å². The maximum atomic E-state index is 12.4. The van der Waals surface area contributed by atoms with E-state index in [0.29, 0.717) is 11.9 Å². The van der Waals surface area contributed by atoms with Crippen LogP contribution in [0.3, 0.4) is 0 Å². The molecule has 22 heavy (non-hydrogen) atoms. The maximum absolute atomic E-state index is 12.4. The van der Waals surface area contributed by atoms with Crippen molar-refractivity contribution in [3.8, 4) is 0 Å².